The number of amides is 2. The van der Waals surface area contributed by atoms with Crippen LogP contribution in [-0.4, -0.2) is 47.2 Å². The molecule has 0 saturated carbocycles. The summed E-state index contributed by atoms with van der Waals surface area (Å²) in [6.07, 6.45) is 9.47. The number of fused-ring (bicyclic) bond motifs is 3. The van der Waals surface area contributed by atoms with Gasteiger partial charge in [-0.25, -0.2) is 4.52 Å². The van der Waals surface area contributed by atoms with Crippen molar-refractivity contribution in [1.29, 1.82) is 0 Å². The largest absolute Gasteiger partial charge is 0.334 e. The topological polar surface area (TPSA) is 89.5 Å². The van der Waals surface area contributed by atoms with Crippen LogP contribution in [0.3, 0.4) is 0 Å². The van der Waals surface area contributed by atoms with Crippen molar-refractivity contribution in [1.82, 2.24) is 28.9 Å². The van der Waals surface area contributed by atoms with Gasteiger partial charge in [0.1, 0.15) is 16.6 Å². The fourth-order valence-corrected chi connectivity index (χ4v) is 5.31. The number of aryl methyl sites for hydroxylation is 2. The number of hydrogen-bond donors (Lipinski definition) is 1. The lowest BCUT2D eigenvalue weighted by atomic mass is 9.73. The number of imidazole rings is 1. The van der Waals surface area contributed by atoms with Gasteiger partial charge in [0, 0.05) is 50.5 Å². The first-order chi connectivity index (χ1) is 15.0. The summed E-state index contributed by atoms with van der Waals surface area (Å²) in [6.45, 7) is 0.460. The van der Waals surface area contributed by atoms with Crippen molar-refractivity contribution >= 4 is 23.1 Å². The van der Waals surface area contributed by atoms with Crippen LogP contribution in [0.4, 0.5) is 5.69 Å². The number of nitrogens with one attached hydrogen (secondary N) is 1. The van der Waals surface area contributed by atoms with Crippen LogP contribution in [-0.2, 0) is 24.3 Å². The molecule has 0 aliphatic carbocycles. The van der Waals surface area contributed by atoms with Crippen molar-refractivity contribution in [2.24, 2.45) is 14.1 Å². The quantitative estimate of drug-likeness (QED) is 0.541. The van der Waals surface area contributed by atoms with Crippen LogP contribution in [0.15, 0.2) is 55.2 Å². The summed E-state index contributed by atoms with van der Waals surface area (Å²) in [7, 11) is 3.73. The van der Waals surface area contributed by atoms with Crippen LogP contribution >= 0.6 is 0 Å². The van der Waals surface area contributed by atoms with Gasteiger partial charge in [-0.2, -0.15) is 10.2 Å². The second-order valence-electron chi connectivity index (χ2n) is 8.30. The van der Waals surface area contributed by atoms with E-state index in [4.69, 9.17) is 0 Å². The first-order valence-corrected chi connectivity index (χ1v) is 10.2. The molecule has 0 bridgehead atoms. The predicted octanol–water partition coefficient (Wildman–Crippen LogP) is 1.88. The first kappa shape index (κ1) is 17.9. The molecule has 1 aromatic carbocycles. The van der Waals surface area contributed by atoms with Gasteiger partial charge in [-0.1, -0.05) is 18.2 Å². The number of anilines is 1. The zero-order valence-corrected chi connectivity index (χ0v) is 17.2. The van der Waals surface area contributed by atoms with Gasteiger partial charge < -0.3 is 14.8 Å². The highest BCUT2D eigenvalue weighted by atomic mass is 16.2. The highest BCUT2D eigenvalue weighted by Crippen LogP contribution is 2.54. The average Bonchev–Trinajstić information content (AvgIpc) is 3.55. The molecule has 2 aliphatic rings. The Morgan fingerprint density at radius 3 is 2.81 bits per heavy atom. The molecule has 1 N–H and O–H groups in total. The number of nitrogens with zero attached hydrogens (tertiary/aromatic N) is 6. The Kier molecular flexibility index (Phi) is 3.51. The third-order valence-electron chi connectivity index (χ3n) is 6.65. The summed E-state index contributed by atoms with van der Waals surface area (Å²) in [4.78, 5) is 29.1. The minimum Gasteiger partial charge on any atom is -0.334 e. The van der Waals surface area contributed by atoms with Gasteiger partial charge in [-0.15, -0.1) is 0 Å². The third kappa shape index (κ3) is 2.25. The van der Waals surface area contributed by atoms with Crippen LogP contribution in [0.1, 0.15) is 33.9 Å². The van der Waals surface area contributed by atoms with E-state index in [1.807, 2.05) is 66.4 Å². The number of para-hydroxylation sites is 1. The summed E-state index contributed by atoms with van der Waals surface area (Å²) in [6, 6.07) is 7.29. The molecule has 9 nitrogen and oxygen atoms in total. The third-order valence-corrected chi connectivity index (χ3v) is 6.65. The number of aromatic nitrogens is 5. The summed E-state index contributed by atoms with van der Waals surface area (Å²) < 4.78 is 5.27. The smallest absolute Gasteiger partial charge is 0.259 e. The maximum absolute atomic E-state index is 13.8. The normalized spacial score (nSPS) is 22.5. The molecule has 9 heteroatoms. The van der Waals surface area contributed by atoms with Crippen molar-refractivity contribution < 1.29 is 9.59 Å². The second-order valence-corrected chi connectivity index (χ2v) is 8.30. The Hall–Kier alpha value is -3.88. The molecule has 5 heterocycles. The fourth-order valence-electron chi connectivity index (χ4n) is 5.31. The van der Waals surface area contributed by atoms with Gasteiger partial charge in [-0.3, -0.25) is 14.3 Å². The molecule has 2 aliphatic heterocycles. The van der Waals surface area contributed by atoms with Crippen molar-refractivity contribution in [3.8, 4) is 0 Å². The van der Waals surface area contributed by atoms with Gasteiger partial charge in [0.2, 0.25) is 5.91 Å². The van der Waals surface area contributed by atoms with Gasteiger partial charge in [-0.05, 0) is 18.1 Å². The SMILES string of the molecule is Cn1cc([C@@H]2N(C(=O)c3cnn4ccn(C)c34)CC[C@]23C(=O)Nc2ccccc23)cn1. The van der Waals surface area contributed by atoms with Gasteiger partial charge >= 0.3 is 0 Å². The van der Waals surface area contributed by atoms with Crippen molar-refractivity contribution in [3.63, 3.8) is 0 Å². The molecule has 0 radical (unpaired) electrons. The molecule has 3 aromatic heterocycles. The van der Waals surface area contributed by atoms with Crippen LogP contribution in [0, 0.1) is 0 Å². The van der Waals surface area contributed by atoms with Crippen LogP contribution in [0.25, 0.3) is 5.65 Å². The van der Waals surface area contributed by atoms with Gasteiger partial charge in [0.25, 0.3) is 5.91 Å². The van der Waals surface area contributed by atoms with E-state index in [1.54, 1.807) is 21.6 Å². The van der Waals surface area contributed by atoms with E-state index < -0.39 is 11.5 Å². The number of likely N-dealkylation sites (tertiary alicyclic amines) is 1. The van der Waals surface area contributed by atoms with E-state index in [-0.39, 0.29) is 11.8 Å². The Bertz CT molecular complexity index is 1360. The fraction of sp³-hybridized carbons (Fsp3) is 0.273. The molecule has 6 rings (SSSR count). The van der Waals surface area contributed by atoms with E-state index in [0.29, 0.717) is 18.5 Å². The van der Waals surface area contributed by atoms with Crippen molar-refractivity contribution in [3.05, 3.63) is 71.9 Å². The van der Waals surface area contributed by atoms with Crippen molar-refractivity contribution in [2.45, 2.75) is 17.9 Å². The number of hydrogen-bond acceptors (Lipinski definition) is 4. The Balaban J connectivity index is 1.53. The molecular formula is C22H21N7O2. The molecule has 31 heavy (non-hydrogen) atoms. The number of carbonyl (C=O) groups is 2. The lowest BCUT2D eigenvalue weighted by molar-refractivity contribution is -0.121. The maximum Gasteiger partial charge on any atom is 0.259 e. The number of carbonyl (C=O) groups excluding carboxylic acids is 2. The minimum absolute atomic E-state index is 0.0723. The molecule has 2 atom stereocenters. The zero-order chi connectivity index (χ0) is 21.3. The lowest BCUT2D eigenvalue weighted by Gasteiger charge is -2.33. The lowest BCUT2D eigenvalue weighted by Crippen LogP contribution is -2.42. The number of rotatable bonds is 2. The standard InChI is InChI=1S/C22H21N7O2/c1-26-9-10-29-19(26)15(12-24-29)20(30)28-8-7-22(18(28)14-11-23-27(2)13-14)16-5-3-4-6-17(16)25-21(22)31/h3-6,9-13,18H,7-8H2,1-2H3,(H,25,31)/t18-,22+/m0/s1. The second kappa shape index (κ2) is 6.07. The Labute approximate surface area is 177 Å². The molecule has 2 amide bonds. The first-order valence-electron chi connectivity index (χ1n) is 10.2. The van der Waals surface area contributed by atoms with Gasteiger partial charge in [0.05, 0.1) is 18.4 Å². The van der Waals surface area contributed by atoms with E-state index in [0.717, 1.165) is 22.5 Å². The van der Waals surface area contributed by atoms with Gasteiger partial charge in [0.15, 0.2) is 0 Å². The molecule has 0 unspecified atom stereocenters. The number of benzene rings is 1. The highest BCUT2D eigenvalue weighted by Gasteiger charge is 2.59. The summed E-state index contributed by atoms with van der Waals surface area (Å²) in [5, 5.41) is 11.7. The summed E-state index contributed by atoms with van der Waals surface area (Å²) in [5.74, 6) is -0.211. The van der Waals surface area contributed by atoms with E-state index in [9.17, 15) is 9.59 Å². The molecule has 1 saturated heterocycles. The van der Waals surface area contributed by atoms with Crippen molar-refractivity contribution in [2.75, 3.05) is 11.9 Å². The Morgan fingerprint density at radius 1 is 1.16 bits per heavy atom. The minimum atomic E-state index is -0.851. The molecular weight excluding hydrogens is 394 g/mol. The van der Waals surface area contributed by atoms with E-state index in [1.165, 1.54) is 0 Å². The maximum atomic E-state index is 13.8. The van der Waals surface area contributed by atoms with Crippen LogP contribution in [0.2, 0.25) is 0 Å². The molecule has 4 aromatic rings. The predicted molar refractivity (Wildman–Crippen MR) is 113 cm³/mol. The molecule has 1 spiro atoms. The summed E-state index contributed by atoms with van der Waals surface area (Å²) in [5.41, 5.74) is 2.98. The van der Waals surface area contributed by atoms with E-state index >= 15 is 0 Å². The molecule has 156 valence electrons. The highest BCUT2D eigenvalue weighted by molar-refractivity contribution is 6.08. The van der Waals surface area contributed by atoms with Crippen LogP contribution in [0.5, 0.6) is 0 Å². The average molecular weight is 415 g/mol. The zero-order valence-electron chi connectivity index (χ0n) is 17.2. The monoisotopic (exact) mass is 415 g/mol. The van der Waals surface area contributed by atoms with Crippen LogP contribution < -0.4 is 5.32 Å². The molecule has 1 fully saturated rings. The Morgan fingerprint density at radius 2 is 2.00 bits per heavy atom. The summed E-state index contributed by atoms with van der Waals surface area (Å²) >= 11 is 0. The van der Waals surface area contributed by atoms with E-state index in [2.05, 4.69) is 15.5 Å².